The first kappa shape index (κ1) is 21.5. The third kappa shape index (κ3) is 7.08. The van der Waals surface area contributed by atoms with Gasteiger partial charge in [0, 0.05) is 45.7 Å². The molecule has 2 atom stereocenters. The molecule has 2 aliphatic rings. The fourth-order valence-electron chi connectivity index (χ4n) is 3.40. The maximum Gasteiger partial charge on any atom is 0.193 e. The van der Waals surface area contributed by atoms with E-state index in [1.165, 1.54) is 12.8 Å². The van der Waals surface area contributed by atoms with E-state index in [4.69, 9.17) is 18.9 Å². The fourth-order valence-corrected chi connectivity index (χ4v) is 3.40. The van der Waals surface area contributed by atoms with Gasteiger partial charge in [-0.05, 0) is 37.8 Å². The molecule has 0 amide bonds. The van der Waals surface area contributed by atoms with Crippen molar-refractivity contribution in [1.82, 2.24) is 10.2 Å². The van der Waals surface area contributed by atoms with Crippen LogP contribution in [0.4, 0.5) is 0 Å². The molecule has 26 heavy (non-hydrogen) atoms. The Morgan fingerprint density at radius 3 is 2.92 bits per heavy atom. The maximum absolute atomic E-state index is 5.82. The number of hydrogen-bond donors (Lipinski definition) is 1. The SMILES string of the molecule is CN(CC1CCOC1)C(=NCC1CCCCO1)NCCc1ccco1.I. The lowest BCUT2D eigenvalue weighted by molar-refractivity contribution is 0.0223. The smallest absolute Gasteiger partial charge is 0.193 e. The number of guanidine groups is 1. The first-order valence-electron chi connectivity index (χ1n) is 9.52. The predicted octanol–water partition coefficient (Wildman–Crippen LogP) is 2.92. The van der Waals surface area contributed by atoms with Crippen LogP contribution in [0.3, 0.4) is 0 Å². The van der Waals surface area contributed by atoms with Gasteiger partial charge in [0.2, 0.25) is 0 Å². The lowest BCUT2D eigenvalue weighted by Crippen LogP contribution is -2.43. The summed E-state index contributed by atoms with van der Waals surface area (Å²) >= 11 is 0. The Bertz CT molecular complexity index is 512. The largest absolute Gasteiger partial charge is 0.469 e. The van der Waals surface area contributed by atoms with Gasteiger partial charge in [0.05, 0.1) is 25.5 Å². The fraction of sp³-hybridized carbons (Fsp3) is 0.737. The van der Waals surface area contributed by atoms with Crippen LogP contribution in [0.15, 0.2) is 27.8 Å². The third-order valence-electron chi connectivity index (χ3n) is 4.87. The predicted molar refractivity (Wildman–Crippen MR) is 113 cm³/mol. The van der Waals surface area contributed by atoms with Crippen LogP contribution in [-0.4, -0.2) is 63.5 Å². The van der Waals surface area contributed by atoms with Crippen molar-refractivity contribution < 1.29 is 13.9 Å². The molecule has 1 N–H and O–H groups in total. The topological polar surface area (TPSA) is 59.2 Å². The van der Waals surface area contributed by atoms with E-state index in [1.54, 1.807) is 6.26 Å². The molecule has 0 aromatic carbocycles. The molecule has 2 fully saturated rings. The van der Waals surface area contributed by atoms with Gasteiger partial charge >= 0.3 is 0 Å². The molecule has 148 valence electrons. The first-order chi connectivity index (χ1) is 12.3. The average Bonchev–Trinajstić information content (AvgIpc) is 3.32. The average molecular weight is 477 g/mol. The highest BCUT2D eigenvalue weighted by atomic mass is 127. The number of hydrogen-bond acceptors (Lipinski definition) is 4. The van der Waals surface area contributed by atoms with E-state index in [0.717, 1.165) is 70.4 Å². The van der Waals surface area contributed by atoms with Crippen LogP contribution in [0.2, 0.25) is 0 Å². The minimum Gasteiger partial charge on any atom is -0.469 e. The zero-order valence-corrected chi connectivity index (χ0v) is 18.0. The van der Waals surface area contributed by atoms with E-state index < -0.39 is 0 Å². The molecule has 3 rings (SSSR count). The Morgan fingerprint density at radius 1 is 1.31 bits per heavy atom. The number of nitrogens with zero attached hydrogens (tertiary/aromatic N) is 2. The summed E-state index contributed by atoms with van der Waals surface area (Å²) in [6.07, 6.45) is 7.51. The molecule has 0 aliphatic carbocycles. The molecule has 0 radical (unpaired) electrons. The van der Waals surface area contributed by atoms with Gasteiger partial charge < -0.3 is 24.1 Å². The van der Waals surface area contributed by atoms with E-state index in [1.807, 2.05) is 12.1 Å². The Balaban J connectivity index is 0.00000243. The number of aliphatic imine (C=N–C) groups is 1. The van der Waals surface area contributed by atoms with Crippen LogP contribution in [0.25, 0.3) is 0 Å². The third-order valence-corrected chi connectivity index (χ3v) is 4.87. The number of nitrogens with one attached hydrogen (secondary N) is 1. The molecule has 1 aromatic rings. The zero-order valence-electron chi connectivity index (χ0n) is 15.7. The molecular formula is C19H32IN3O3. The van der Waals surface area contributed by atoms with Crippen molar-refractivity contribution in [2.45, 2.75) is 38.2 Å². The van der Waals surface area contributed by atoms with Crippen LogP contribution in [0, 0.1) is 5.92 Å². The lowest BCUT2D eigenvalue weighted by Gasteiger charge is -2.26. The summed E-state index contributed by atoms with van der Waals surface area (Å²) in [4.78, 5) is 7.07. The van der Waals surface area contributed by atoms with E-state index in [2.05, 4.69) is 17.3 Å². The standard InChI is InChI=1S/C19H31N3O3.HI/c1-22(14-16-8-12-23-15-16)19(20-9-7-17-6-4-11-24-17)21-13-18-5-2-3-10-25-18;/h4,6,11,16,18H,2-3,5,7-10,12-15H2,1H3,(H,20,21);1H. The lowest BCUT2D eigenvalue weighted by atomic mass is 10.1. The van der Waals surface area contributed by atoms with Crippen LogP contribution in [-0.2, 0) is 15.9 Å². The zero-order chi connectivity index (χ0) is 17.3. The summed E-state index contributed by atoms with van der Waals surface area (Å²) in [5.74, 6) is 2.54. The quantitative estimate of drug-likeness (QED) is 0.372. The van der Waals surface area contributed by atoms with E-state index in [9.17, 15) is 0 Å². The maximum atomic E-state index is 5.82. The van der Waals surface area contributed by atoms with Gasteiger partial charge in [0.1, 0.15) is 5.76 Å². The highest BCUT2D eigenvalue weighted by molar-refractivity contribution is 14.0. The number of furan rings is 1. The summed E-state index contributed by atoms with van der Waals surface area (Å²) < 4.78 is 16.7. The van der Waals surface area contributed by atoms with Gasteiger partial charge in [0.25, 0.3) is 0 Å². The van der Waals surface area contributed by atoms with Gasteiger partial charge in [0.15, 0.2) is 5.96 Å². The van der Waals surface area contributed by atoms with Crippen molar-refractivity contribution >= 4 is 29.9 Å². The number of rotatable bonds is 7. The normalized spacial score (nSPS) is 23.5. The van der Waals surface area contributed by atoms with Gasteiger partial charge in [-0.15, -0.1) is 24.0 Å². The summed E-state index contributed by atoms with van der Waals surface area (Å²) in [5.41, 5.74) is 0. The second-order valence-electron chi connectivity index (χ2n) is 7.02. The van der Waals surface area contributed by atoms with Crippen molar-refractivity contribution in [2.24, 2.45) is 10.9 Å². The molecule has 0 saturated carbocycles. The van der Waals surface area contributed by atoms with E-state index in [0.29, 0.717) is 5.92 Å². The van der Waals surface area contributed by atoms with Crippen LogP contribution in [0.1, 0.15) is 31.4 Å². The Hall–Kier alpha value is -0.800. The Kier molecular flexibility index (Phi) is 9.77. The van der Waals surface area contributed by atoms with E-state index >= 15 is 0 Å². The van der Waals surface area contributed by atoms with Crippen LogP contribution >= 0.6 is 24.0 Å². The summed E-state index contributed by atoms with van der Waals surface area (Å²) in [6.45, 7) is 5.12. The molecule has 0 spiro atoms. The molecule has 6 nitrogen and oxygen atoms in total. The molecule has 0 bridgehead atoms. The summed E-state index contributed by atoms with van der Waals surface area (Å²) in [5, 5.41) is 3.49. The van der Waals surface area contributed by atoms with Gasteiger partial charge in [-0.2, -0.15) is 0 Å². The molecule has 2 saturated heterocycles. The molecule has 1 aromatic heterocycles. The Labute approximate surface area is 173 Å². The van der Waals surface area contributed by atoms with E-state index in [-0.39, 0.29) is 30.1 Å². The van der Waals surface area contributed by atoms with Crippen LogP contribution in [0.5, 0.6) is 0 Å². The van der Waals surface area contributed by atoms with Gasteiger partial charge in [-0.3, -0.25) is 4.99 Å². The van der Waals surface area contributed by atoms with Crippen molar-refractivity contribution in [1.29, 1.82) is 0 Å². The molecule has 2 aliphatic heterocycles. The molecule has 3 heterocycles. The Morgan fingerprint density at radius 2 is 2.23 bits per heavy atom. The second kappa shape index (κ2) is 11.8. The summed E-state index contributed by atoms with van der Waals surface area (Å²) in [7, 11) is 2.11. The highest BCUT2D eigenvalue weighted by Gasteiger charge is 2.20. The minimum absolute atomic E-state index is 0. The van der Waals surface area contributed by atoms with Crippen molar-refractivity contribution in [3.05, 3.63) is 24.2 Å². The second-order valence-corrected chi connectivity index (χ2v) is 7.02. The molecular weight excluding hydrogens is 445 g/mol. The highest BCUT2D eigenvalue weighted by Crippen LogP contribution is 2.15. The monoisotopic (exact) mass is 477 g/mol. The molecule has 7 heteroatoms. The summed E-state index contributed by atoms with van der Waals surface area (Å²) in [6, 6.07) is 3.94. The molecule has 2 unspecified atom stereocenters. The van der Waals surface area contributed by atoms with Gasteiger partial charge in [-0.1, -0.05) is 0 Å². The van der Waals surface area contributed by atoms with Crippen molar-refractivity contribution in [3.63, 3.8) is 0 Å². The first-order valence-corrected chi connectivity index (χ1v) is 9.52. The van der Waals surface area contributed by atoms with Crippen molar-refractivity contribution in [3.8, 4) is 0 Å². The van der Waals surface area contributed by atoms with Crippen molar-refractivity contribution in [2.75, 3.05) is 46.5 Å². The van der Waals surface area contributed by atoms with Crippen LogP contribution < -0.4 is 5.32 Å². The number of ether oxygens (including phenoxy) is 2. The number of halogens is 1. The minimum atomic E-state index is 0. The van der Waals surface area contributed by atoms with Gasteiger partial charge in [-0.25, -0.2) is 0 Å².